The number of fused-ring (bicyclic) bond motifs is 2. The third-order valence-electron chi connectivity index (χ3n) is 3.90. The number of carboxylic acid groups (broad SMARTS) is 1. The molecule has 1 fully saturated rings. The smallest absolute Gasteiger partial charge is 0.307 e. The summed E-state index contributed by atoms with van der Waals surface area (Å²) in [5, 5.41) is 14.4. The Morgan fingerprint density at radius 3 is 2.63 bits per heavy atom. The van der Waals surface area contributed by atoms with Gasteiger partial charge in [0, 0.05) is 5.38 Å². The Morgan fingerprint density at radius 1 is 1.37 bits per heavy atom. The quantitative estimate of drug-likeness (QED) is 0.828. The van der Waals surface area contributed by atoms with Crippen molar-refractivity contribution in [3.8, 4) is 0 Å². The summed E-state index contributed by atoms with van der Waals surface area (Å²) < 4.78 is 0. The molecule has 0 radical (unpaired) electrons. The number of amides is 1. The van der Waals surface area contributed by atoms with Crippen molar-refractivity contribution in [3.63, 3.8) is 0 Å². The van der Waals surface area contributed by atoms with Crippen molar-refractivity contribution in [3.05, 3.63) is 23.2 Å². The first kappa shape index (κ1) is 12.3. The van der Waals surface area contributed by atoms with Gasteiger partial charge in [-0.05, 0) is 25.2 Å². The number of carboxylic acids is 1. The number of aryl methyl sites for hydroxylation is 1. The zero-order valence-corrected chi connectivity index (χ0v) is 11.2. The topological polar surface area (TPSA) is 79.3 Å². The monoisotopic (exact) mass is 278 g/mol. The van der Waals surface area contributed by atoms with Crippen LogP contribution in [0, 0.1) is 30.6 Å². The fourth-order valence-electron chi connectivity index (χ4n) is 3.12. The molecule has 4 atom stereocenters. The summed E-state index contributed by atoms with van der Waals surface area (Å²) in [6.07, 6.45) is 4.67. The largest absolute Gasteiger partial charge is 0.481 e. The van der Waals surface area contributed by atoms with E-state index in [2.05, 4.69) is 10.3 Å². The summed E-state index contributed by atoms with van der Waals surface area (Å²) in [7, 11) is 0. The number of allylic oxidation sites excluding steroid dienone is 2. The van der Waals surface area contributed by atoms with E-state index < -0.39 is 17.8 Å². The summed E-state index contributed by atoms with van der Waals surface area (Å²) in [5.41, 5.74) is 0.850. The standard InChI is InChI=1S/C13H14N2O3S/c1-6-5-19-13(14-6)15-11(16)9-7-2-3-8(4-7)10(9)12(17)18/h2-3,5,7-10H,4H2,1H3,(H,17,18)(H,14,15,16)/t7-,8-,9+,10+/m0/s1. The Kier molecular flexibility index (Phi) is 2.89. The fourth-order valence-corrected chi connectivity index (χ4v) is 3.81. The summed E-state index contributed by atoms with van der Waals surface area (Å²) in [6.45, 7) is 1.85. The third-order valence-corrected chi connectivity index (χ3v) is 4.77. The molecule has 3 rings (SSSR count). The summed E-state index contributed by atoms with van der Waals surface area (Å²) >= 11 is 1.36. The summed E-state index contributed by atoms with van der Waals surface area (Å²) in [5.74, 6) is -2.14. The van der Waals surface area contributed by atoms with E-state index in [-0.39, 0.29) is 17.7 Å². The van der Waals surface area contributed by atoms with Crippen LogP contribution in [0.4, 0.5) is 5.13 Å². The van der Waals surface area contributed by atoms with Crippen molar-refractivity contribution in [1.82, 2.24) is 4.98 Å². The van der Waals surface area contributed by atoms with Crippen molar-refractivity contribution in [2.45, 2.75) is 13.3 Å². The predicted molar refractivity (Wildman–Crippen MR) is 70.8 cm³/mol. The van der Waals surface area contributed by atoms with E-state index >= 15 is 0 Å². The number of thiazole rings is 1. The molecule has 2 bridgehead atoms. The van der Waals surface area contributed by atoms with Crippen LogP contribution in [0.25, 0.3) is 0 Å². The van der Waals surface area contributed by atoms with Gasteiger partial charge >= 0.3 is 5.97 Å². The lowest BCUT2D eigenvalue weighted by molar-refractivity contribution is -0.146. The number of hydrogen-bond donors (Lipinski definition) is 2. The molecule has 5 nitrogen and oxygen atoms in total. The molecular weight excluding hydrogens is 264 g/mol. The van der Waals surface area contributed by atoms with Crippen molar-refractivity contribution >= 4 is 28.3 Å². The van der Waals surface area contributed by atoms with Crippen molar-refractivity contribution in [2.24, 2.45) is 23.7 Å². The Hall–Kier alpha value is -1.69. The lowest BCUT2D eigenvalue weighted by Crippen LogP contribution is -2.36. The number of nitrogens with one attached hydrogen (secondary N) is 1. The highest BCUT2D eigenvalue weighted by atomic mass is 32.1. The number of rotatable bonds is 3. The highest BCUT2D eigenvalue weighted by Crippen LogP contribution is 2.48. The number of nitrogens with zero attached hydrogens (tertiary/aromatic N) is 1. The number of hydrogen-bond acceptors (Lipinski definition) is 4. The third kappa shape index (κ3) is 2.06. The molecule has 1 amide bonds. The Bertz CT molecular complexity index is 566. The Balaban J connectivity index is 1.79. The van der Waals surface area contributed by atoms with Crippen LogP contribution in [-0.2, 0) is 9.59 Å². The second-order valence-corrected chi connectivity index (χ2v) is 5.98. The maximum Gasteiger partial charge on any atom is 0.307 e. The number of aromatic nitrogens is 1. The molecule has 6 heteroatoms. The maximum atomic E-state index is 12.3. The van der Waals surface area contributed by atoms with Crippen LogP contribution in [0.1, 0.15) is 12.1 Å². The fraction of sp³-hybridized carbons (Fsp3) is 0.462. The van der Waals surface area contributed by atoms with Crippen LogP contribution in [0.15, 0.2) is 17.5 Å². The van der Waals surface area contributed by atoms with Crippen LogP contribution < -0.4 is 5.32 Å². The normalized spacial score (nSPS) is 31.6. The van der Waals surface area contributed by atoms with Gasteiger partial charge in [0.05, 0.1) is 17.5 Å². The molecule has 1 saturated carbocycles. The number of carbonyl (C=O) groups excluding carboxylic acids is 1. The molecule has 2 aliphatic carbocycles. The molecule has 100 valence electrons. The van der Waals surface area contributed by atoms with E-state index in [1.807, 2.05) is 24.5 Å². The molecule has 0 spiro atoms. The molecule has 19 heavy (non-hydrogen) atoms. The van der Waals surface area contributed by atoms with Gasteiger partial charge in [0.15, 0.2) is 5.13 Å². The maximum absolute atomic E-state index is 12.3. The predicted octanol–water partition coefficient (Wildman–Crippen LogP) is 1.91. The van der Waals surface area contributed by atoms with Crippen molar-refractivity contribution in [2.75, 3.05) is 5.32 Å². The Morgan fingerprint density at radius 2 is 2.05 bits per heavy atom. The second-order valence-electron chi connectivity index (χ2n) is 5.12. The first-order chi connectivity index (χ1) is 9.06. The van der Waals surface area contributed by atoms with E-state index in [1.165, 1.54) is 11.3 Å². The van der Waals surface area contributed by atoms with Gasteiger partial charge in [-0.25, -0.2) is 4.98 Å². The van der Waals surface area contributed by atoms with Gasteiger partial charge in [0.25, 0.3) is 0 Å². The van der Waals surface area contributed by atoms with Crippen molar-refractivity contribution < 1.29 is 14.7 Å². The number of aliphatic carboxylic acids is 1. The zero-order chi connectivity index (χ0) is 13.6. The van der Waals surface area contributed by atoms with Crippen LogP contribution in [-0.4, -0.2) is 22.0 Å². The highest BCUT2D eigenvalue weighted by molar-refractivity contribution is 7.13. The molecule has 2 N–H and O–H groups in total. The zero-order valence-electron chi connectivity index (χ0n) is 10.4. The highest BCUT2D eigenvalue weighted by Gasteiger charge is 2.51. The molecule has 0 unspecified atom stereocenters. The lowest BCUT2D eigenvalue weighted by Gasteiger charge is -2.23. The average molecular weight is 278 g/mol. The minimum Gasteiger partial charge on any atom is -0.481 e. The minimum absolute atomic E-state index is 0.00344. The van der Waals surface area contributed by atoms with Crippen LogP contribution >= 0.6 is 11.3 Å². The van der Waals surface area contributed by atoms with E-state index in [4.69, 9.17) is 0 Å². The van der Waals surface area contributed by atoms with E-state index in [0.29, 0.717) is 5.13 Å². The first-order valence-electron chi connectivity index (χ1n) is 6.20. The first-order valence-corrected chi connectivity index (χ1v) is 7.08. The van der Waals surface area contributed by atoms with E-state index in [1.54, 1.807) is 0 Å². The molecule has 1 heterocycles. The van der Waals surface area contributed by atoms with Crippen LogP contribution in [0.5, 0.6) is 0 Å². The van der Waals surface area contributed by atoms with Gasteiger partial charge in [-0.1, -0.05) is 12.2 Å². The van der Waals surface area contributed by atoms with Crippen molar-refractivity contribution in [1.29, 1.82) is 0 Å². The van der Waals surface area contributed by atoms with Gasteiger partial charge in [0.1, 0.15) is 0 Å². The molecule has 1 aromatic heterocycles. The van der Waals surface area contributed by atoms with Crippen LogP contribution in [0.3, 0.4) is 0 Å². The molecule has 0 aromatic carbocycles. The number of carbonyl (C=O) groups is 2. The van der Waals surface area contributed by atoms with E-state index in [9.17, 15) is 14.7 Å². The lowest BCUT2D eigenvalue weighted by atomic mass is 9.82. The van der Waals surface area contributed by atoms with Gasteiger partial charge in [0.2, 0.25) is 5.91 Å². The average Bonchev–Trinajstić information content (AvgIpc) is 3.03. The van der Waals surface area contributed by atoms with Gasteiger partial charge in [-0.2, -0.15) is 0 Å². The van der Waals surface area contributed by atoms with E-state index in [0.717, 1.165) is 12.1 Å². The van der Waals surface area contributed by atoms with Gasteiger partial charge < -0.3 is 10.4 Å². The summed E-state index contributed by atoms with van der Waals surface area (Å²) in [4.78, 5) is 27.8. The van der Waals surface area contributed by atoms with Gasteiger partial charge in [-0.15, -0.1) is 11.3 Å². The molecule has 2 aliphatic rings. The molecule has 0 saturated heterocycles. The van der Waals surface area contributed by atoms with Crippen LogP contribution in [0.2, 0.25) is 0 Å². The number of anilines is 1. The Labute approximate surface area is 114 Å². The minimum atomic E-state index is -0.882. The molecule has 1 aromatic rings. The molecular formula is C13H14N2O3S. The summed E-state index contributed by atoms with van der Waals surface area (Å²) in [6, 6.07) is 0. The molecule has 0 aliphatic heterocycles. The second kappa shape index (κ2) is 4.45. The van der Waals surface area contributed by atoms with Gasteiger partial charge in [-0.3, -0.25) is 9.59 Å². The SMILES string of the molecule is Cc1csc(NC(=O)[C@H]2[C@H](C(=O)O)[C@H]3C=C[C@H]2C3)n1.